The number of carbonyl (C=O) groups excluding carboxylic acids is 2. The lowest BCUT2D eigenvalue weighted by Gasteiger charge is -2.23. The summed E-state index contributed by atoms with van der Waals surface area (Å²) in [6.07, 6.45) is 3.55. The molecule has 5 nitrogen and oxygen atoms in total. The second kappa shape index (κ2) is 7.01. The normalized spacial score (nSPS) is 29.3. The van der Waals surface area contributed by atoms with Gasteiger partial charge in [0.05, 0.1) is 24.5 Å². The smallest absolute Gasteiger partial charge is 0.230 e. The quantitative estimate of drug-likeness (QED) is 0.774. The number of nitrogens with zero attached hydrogens (tertiary/aromatic N) is 1. The molecule has 2 bridgehead atoms. The van der Waals surface area contributed by atoms with Crippen molar-refractivity contribution in [2.75, 3.05) is 6.54 Å². The maximum absolute atomic E-state index is 13.3. The Balaban J connectivity index is 1.34. The highest BCUT2D eigenvalue weighted by molar-refractivity contribution is 6.31. The van der Waals surface area contributed by atoms with Crippen molar-refractivity contribution < 1.29 is 14.3 Å². The zero-order valence-corrected chi connectivity index (χ0v) is 16.5. The summed E-state index contributed by atoms with van der Waals surface area (Å²) in [5, 5.41) is 3.62. The van der Waals surface area contributed by atoms with Gasteiger partial charge in [-0.3, -0.25) is 9.59 Å². The number of amides is 2. The molecule has 2 fully saturated rings. The van der Waals surface area contributed by atoms with Gasteiger partial charge in [0.25, 0.3) is 0 Å². The van der Waals surface area contributed by atoms with Crippen LogP contribution in [0.5, 0.6) is 0 Å². The lowest BCUT2D eigenvalue weighted by Crippen LogP contribution is -2.43. The average molecular weight is 409 g/mol. The molecule has 1 N–H and O–H groups in total. The number of nitrogens with one attached hydrogen (secondary N) is 1. The minimum absolute atomic E-state index is 0.0448. The number of hydrogen-bond acceptors (Lipinski definition) is 3. The van der Waals surface area contributed by atoms with Crippen LogP contribution in [0.15, 0.2) is 66.7 Å². The van der Waals surface area contributed by atoms with E-state index >= 15 is 0 Å². The van der Waals surface area contributed by atoms with E-state index in [1.54, 1.807) is 4.90 Å². The van der Waals surface area contributed by atoms with Crippen LogP contribution >= 0.6 is 11.6 Å². The summed E-state index contributed by atoms with van der Waals surface area (Å²) in [4.78, 5) is 28.0. The van der Waals surface area contributed by atoms with Gasteiger partial charge in [0.1, 0.15) is 5.60 Å². The van der Waals surface area contributed by atoms with Crippen molar-refractivity contribution in [1.82, 2.24) is 10.2 Å². The number of hydrogen-bond donors (Lipinski definition) is 1. The number of fused-ring (bicyclic) bond motifs is 1. The molecule has 29 heavy (non-hydrogen) atoms. The van der Waals surface area contributed by atoms with Gasteiger partial charge in [0.2, 0.25) is 11.8 Å². The molecule has 148 valence electrons. The first-order chi connectivity index (χ1) is 14.1. The van der Waals surface area contributed by atoms with Gasteiger partial charge in [-0.15, -0.1) is 0 Å². The van der Waals surface area contributed by atoms with E-state index < -0.39 is 17.4 Å². The molecule has 1 spiro atoms. The monoisotopic (exact) mass is 408 g/mol. The van der Waals surface area contributed by atoms with Gasteiger partial charge < -0.3 is 15.0 Å². The van der Waals surface area contributed by atoms with Crippen LogP contribution in [0.25, 0.3) is 0 Å². The fourth-order valence-corrected chi connectivity index (χ4v) is 4.94. The molecule has 2 saturated heterocycles. The second-order valence-corrected chi connectivity index (χ2v) is 8.30. The Morgan fingerprint density at radius 2 is 1.93 bits per heavy atom. The maximum atomic E-state index is 13.3. The molecule has 0 aromatic heterocycles. The Morgan fingerprint density at radius 3 is 2.72 bits per heavy atom. The van der Waals surface area contributed by atoms with Crippen molar-refractivity contribution in [2.24, 2.45) is 11.8 Å². The molecule has 3 aliphatic rings. The van der Waals surface area contributed by atoms with Gasteiger partial charge in [0, 0.05) is 18.1 Å². The van der Waals surface area contributed by atoms with Gasteiger partial charge >= 0.3 is 0 Å². The van der Waals surface area contributed by atoms with E-state index in [-0.39, 0.29) is 17.9 Å². The van der Waals surface area contributed by atoms with Crippen molar-refractivity contribution >= 4 is 23.4 Å². The highest BCUT2D eigenvalue weighted by Gasteiger charge is 2.66. The number of likely N-dealkylation sites (tertiary alicyclic amines) is 1. The molecule has 4 atom stereocenters. The minimum atomic E-state index is -0.711. The first-order valence-corrected chi connectivity index (χ1v) is 10.2. The first-order valence-electron chi connectivity index (χ1n) is 9.78. The van der Waals surface area contributed by atoms with Crippen LogP contribution in [0, 0.1) is 11.8 Å². The SMILES string of the molecule is O=C(NCc1ccccc1)C1C2C=CC3(CN(Cc4ccccc4Cl)C(=O)C13)O2. The topological polar surface area (TPSA) is 58.6 Å². The fraction of sp³-hybridized carbons (Fsp3) is 0.304. The van der Waals surface area contributed by atoms with Crippen molar-refractivity contribution in [3.8, 4) is 0 Å². The highest BCUT2D eigenvalue weighted by Crippen LogP contribution is 2.52. The number of carbonyl (C=O) groups is 2. The van der Waals surface area contributed by atoms with Crippen molar-refractivity contribution in [2.45, 2.75) is 24.8 Å². The Morgan fingerprint density at radius 1 is 1.17 bits per heavy atom. The number of rotatable bonds is 5. The summed E-state index contributed by atoms with van der Waals surface area (Å²) in [6.45, 7) is 1.29. The van der Waals surface area contributed by atoms with Crippen molar-refractivity contribution in [3.63, 3.8) is 0 Å². The van der Waals surface area contributed by atoms with Crippen LogP contribution in [0.3, 0.4) is 0 Å². The van der Waals surface area contributed by atoms with E-state index in [1.807, 2.05) is 66.7 Å². The molecule has 2 aromatic carbocycles. The fourth-order valence-electron chi connectivity index (χ4n) is 4.75. The van der Waals surface area contributed by atoms with Crippen LogP contribution in [-0.4, -0.2) is 35.0 Å². The van der Waals surface area contributed by atoms with Gasteiger partial charge in [-0.25, -0.2) is 0 Å². The van der Waals surface area contributed by atoms with Gasteiger partial charge in [0.15, 0.2) is 0 Å². The molecule has 2 amide bonds. The number of ether oxygens (including phenoxy) is 1. The van der Waals surface area contributed by atoms with E-state index in [0.29, 0.717) is 24.7 Å². The summed E-state index contributed by atoms with van der Waals surface area (Å²) >= 11 is 6.28. The third-order valence-electron chi connectivity index (χ3n) is 6.11. The van der Waals surface area contributed by atoms with E-state index in [4.69, 9.17) is 16.3 Å². The molecular weight excluding hydrogens is 388 g/mol. The summed E-state index contributed by atoms with van der Waals surface area (Å²) < 4.78 is 6.17. The molecule has 5 rings (SSSR count). The Bertz CT molecular complexity index is 993. The maximum Gasteiger partial charge on any atom is 0.230 e. The van der Waals surface area contributed by atoms with E-state index in [9.17, 15) is 9.59 Å². The van der Waals surface area contributed by atoms with Gasteiger partial charge in [-0.05, 0) is 17.2 Å². The largest absolute Gasteiger partial charge is 0.360 e. The van der Waals surface area contributed by atoms with E-state index in [0.717, 1.165) is 11.1 Å². The summed E-state index contributed by atoms with van der Waals surface area (Å²) in [7, 11) is 0. The molecule has 3 heterocycles. The second-order valence-electron chi connectivity index (χ2n) is 7.89. The molecule has 0 saturated carbocycles. The average Bonchev–Trinajstić information content (AvgIpc) is 3.37. The molecule has 2 aromatic rings. The van der Waals surface area contributed by atoms with Crippen molar-refractivity contribution in [1.29, 1.82) is 0 Å². The van der Waals surface area contributed by atoms with Crippen LogP contribution < -0.4 is 5.32 Å². The third-order valence-corrected chi connectivity index (χ3v) is 6.48. The minimum Gasteiger partial charge on any atom is -0.360 e. The van der Waals surface area contributed by atoms with E-state index in [1.165, 1.54) is 0 Å². The molecule has 0 aliphatic carbocycles. The third kappa shape index (κ3) is 3.05. The first kappa shape index (κ1) is 18.4. The molecule has 0 radical (unpaired) electrons. The zero-order valence-electron chi connectivity index (χ0n) is 15.8. The van der Waals surface area contributed by atoms with Gasteiger partial charge in [-0.1, -0.05) is 72.3 Å². The summed E-state index contributed by atoms with van der Waals surface area (Å²) in [6, 6.07) is 17.2. The Kier molecular flexibility index (Phi) is 4.45. The van der Waals surface area contributed by atoms with E-state index in [2.05, 4.69) is 5.32 Å². The van der Waals surface area contributed by atoms with Crippen LogP contribution in [-0.2, 0) is 27.4 Å². The number of benzene rings is 2. The Hall–Kier alpha value is -2.63. The summed E-state index contributed by atoms with van der Waals surface area (Å²) in [5.41, 5.74) is 1.20. The highest BCUT2D eigenvalue weighted by atomic mass is 35.5. The molecule has 6 heteroatoms. The van der Waals surface area contributed by atoms with Crippen molar-refractivity contribution in [3.05, 3.63) is 82.9 Å². The lowest BCUT2D eigenvalue weighted by atomic mass is 9.77. The standard InChI is InChI=1S/C23H21ClN2O3/c24-17-9-5-4-8-16(17)13-26-14-23-11-10-18(29-23)19(20(23)22(26)28)21(27)25-12-15-6-2-1-3-7-15/h1-11,18-20H,12-14H2,(H,25,27). The van der Waals surface area contributed by atoms with Gasteiger partial charge in [-0.2, -0.15) is 0 Å². The van der Waals surface area contributed by atoms with Crippen LogP contribution in [0.1, 0.15) is 11.1 Å². The lowest BCUT2D eigenvalue weighted by molar-refractivity contribution is -0.137. The predicted octanol–water partition coefficient (Wildman–Crippen LogP) is 2.94. The predicted molar refractivity (Wildman–Crippen MR) is 109 cm³/mol. The zero-order chi connectivity index (χ0) is 20.0. The molecule has 3 aliphatic heterocycles. The van der Waals surface area contributed by atoms with Crippen LogP contribution in [0.4, 0.5) is 0 Å². The number of halogens is 1. The molecular formula is C23H21ClN2O3. The molecule has 4 unspecified atom stereocenters. The van der Waals surface area contributed by atoms with Crippen LogP contribution in [0.2, 0.25) is 5.02 Å². The summed E-state index contributed by atoms with van der Waals surface area (Å²) in [5.74, 6) is -1.18. The Labute approximate surface area is 174 Å².